The van der Waals surface area contributed by atoms with Gasteiger partial charge in [0.2, 0.25) is 0 Å². The highest BCUT2D eigenvalue weighted by Crippen LogP contribution is 2.09. The first-order chi connectivity index (χ1) is 6.20. The number of benzene rings is 1. The maximum Gasteiger partial charge on any atom is 0.335 e. The standard InChI is InChI=1S/C7H6O3.C2H4O/c8-6-3-1-2-5(4-6)7(9)10;1-2-3-1/h1-4,8H,(H,9,10);1-2H2. The number of aromatic hydroxyl groups is 1. The van der Waals surface area contributed by atoms with Gasteiger partial charge in [-0.05, 0) is 18.2 Å². The molecule has 1 aliphatic heterocycles. The quantitative estimate of drug-likeness (QED) is 0.638. The van der Waals surface area contributed by atoms with Crippen LogP contribution in [0.15, 0.2) is 24.3 Å². The van der Waals surface area contributed by atoms with Gasteiger partial charge in [0.05, 0.1) is 18.8 Å². The summed E-state index contributed by atoms with van der Waals surface area (Å²) in [6.07, 6.45) is 0. The zero-order chi connectivity index (χ0) is 9.68. The first-order valence-electron chi connectivity index (χ1n) is 3.80. The molecule has 0 aromatic heterocycles. The molecule has 1 fully saturated rings. The number of hydrogen-bond donors (Lipinski definition) is 2. The Hall–Kier alpha value is -1.55. The largest absolute Gasteiger partial charge is 0.508 e. The van der Waals surface area contributed by atoms with Crippen molar-refractivity contribution >= 4 is 5.97 Å². The summed E-state index contributed by atoms with van der Waals surface area (Å²) in [4.78, 5) is 10.2. The van der Waals surface area contributed by atoms with Crippen molar-refractivity contribution in [1.82, 2.24) is 0 Å². The molecule has 0 bridgehead atoms. The molecule has 2 N–H and O–H groups in total. The maximum atomic E-state index is 10.2. The summed E-state index contributed by atoms with van der Waals surface area (Å²) in [5, 5.41) is 17.2. The molecule has 1 aromatic rings. The Labute approximate surface area is 75.4 Å². The molecule has 1 saturated heterocycles. The summed E-state index contributed by atoms with van der Waals surface area (Å²) in [6, 6.07) is 5.52. The number of aromatic carboxylic acids is 1. The van der Waals surface area contributed by atoms with E-state index in [1.54, 1.807) is 0 Å². The second-order valence-electron chi connectivity index (χ2n) is 2.47. The number of carboxylic acid groups (broad SMARTS) is 1. The van der Waals surface area contributed by atoms with Crippen LogP contribution in [0.25, 0.3) is 0 Å². The lowest BCUT2D eigenvalue weighted by Gasteiger charge is -1.92. The minimum Gasteiger partial charge on any atom is -0.508 e. The van der Waals surface area contributed by atoms with Gasteiger partial charge in [-0.15, -0.1) is 0 Å². The van der Waals surface area contributed by atoms with Crippen LogP contribution >= 0.6 is 0 Å². The van der Waals surface area contributed by atoms with Crippen molar-refractivity contribution in [2.45, 2.75) is 0 Å². The third-order valence-corrected chi connectivity index (χ3v) is 1.30. The van der Waals surface area contributed by atoms with Gasteiger partial charge in [-0.3, -0.25) is 0 Å². The van der Waals surface area contributed by atoms with E-state index in [4.69, 9.17) is 10.2 Å². The van der Waals surface area contributed by atoms with E-state index in [9.17, 15) is 4.79 Å². The summed E-state index contributed by atoms with van der Waals surface area (Å²) < 4.78 is 4.50. The molecular formula is C9H10O4. The topological polar surface area (TPSA) is 70.1 Å². The average molecular weight is 182 g/mol. The van der Waals surface area contributed by atoms with E-state index in [2.05, 4.69) is 4.74 Å². The molecule has 0 unspecified atom stereocenters. The molecule has 0 saturated carbocycles. The van der Waals surface area contributed by atoms with Crippen LogP contribution < -0.4 is 0 Å². The van der Waals surface area contributed by atoms with Gasteiger partial charge in [0.15, 0.2) is 0 Å². The lowest BCUT2D eigenvalue weighted by atomic mass is 10.2. The molecule has 0 aliphatic carbocycles. The van der Waals surface area contributed by atoms with Crippen LogP contribution in [0.1, 0.15) is 10.4 Å². The Balaban J connectivity index is 0.000000236. The van der Waals surface area contributed by atoms with Crippen molar-refractivity contribution < 1.29 is 19.7 Å². The first-order valence-corrected chi connectivity index (χ1v) is 3.80. The van der Waals surface area contributed by atoms with Crippen molar-refractivity contribution in [3.05, 3.63) is 29.8 Å². The fourth-order valence-electron chi connectivity index (χ4n) is 0.639. The molecule has 0 radical (unpaired) electrons. The van der Waals surface area contributed by atoms with Crippen LogP contribution in [0.5, 0.6) is 5.75 Å². The molecule has 4 nitrogen and oxygen atoms in total. The predicted octanol–water partition coefficient (Wildman–Crippen LogP) is 1.11. The molecule has 13 heavy (non-hydrogen) atoms. The zero-order valence-electron chi connectivity index (χ0n) is 6.93. The minimum atomic E-state index is -1.03. The Bertz CT molecular complexity index is 291. The van der Waals surface area contributed by atoms with E-state index in [1.807, 2.05) is 0 Å². The average Bonchev–Trinajstić information content (AvgIpc) is 2.89. The lowest BCUT2D eigenvalue weighted by Crippen LogP contribution is -1.94. The third-order valence-electron chi connectivity index (χ3n) is 1.30. The Morgan fingerprint density at radius 2 is 2.00 bits per heavy atom. The molecule has 0 atom stereocenters. The van der Waals surface area contributed by atoms with Gasteiger partial charge < -0.3 is 14.9 Å². The summed E-state index contributed by atoms with van der Waals surface area (Å²) in [5.41, 5.74) is 0.0972. The van der Waals surface area contributed by atoms with Gasteiger partial charge in [0.1, 0.15) is 5.75 Å². The Morgan fingerprint density at radius 1 is 1.38 bits per heavy atom. The van der Waals surface area contributed by atoms with Gasteiger partial charge >= 0.3 is 5.97 Å². The summed E-state index contributed by atoms with van der Waals surface area (Å²) >= 11 is 0. The van der Waals surface area contributed by atoms with Crippen LogP contribution in [0, 0.1) is 0 Å². The van der Waals surface area contributed by atoms with E-state index >= 15 is 0 Å². The molecule has 0 spiro atoms. The second-order valence-corrected chi connectivity index (χ2v) is 2.47. The number of carboxylic acids is 1. The normalized spacial score (nSPS) is 12.6. The number of phenols is 1. The fraction of sp³-hybridized carbons (Fsp3) is 0.222. The van der Waals surface area contributed by atoms with Crippen molar-refractivity contribution in [3.63, 3.8) is 0 Å². The Morgan fingerprint density at radius 3 is 2.31 bits per heavy atom. The highest BCUT2D eigenvalue weighted by molar-refractivity contribution is 5.87. The molecular weight excluding hydrogens is 172 g/mol. The number of rotatable bonds is 1. The molecule has 4 heteroatoms. The van der Waals surface area contributed by atoms with E-state index in [0.29, 0.717) is 0 Å². The maximum absolute atomic E-state index is 10.2. The highest BCUT2D eigenvalue weighted by atomic mass is 16.6. The van der Waals surface area contributed by atoms with Crippen LogP contribution in [0.2, 0.25) is 0 Å². The van der Waals surface area contributed by atoms with Gasteiger partial charge in [-0.2, -0.15) is 0 Å². The van der Waals surface area contributed by atoms with Crippen LogP contribution in [0.3, 0.4) is 0 Å². The molecule has 1 aromatic carbocycles. The monoisotopic (exact) mass is 182 g/mol. The van der Waals surface area contributed by atoms with Crippen molar-refractivity contribution in [3.8, 4) is 5.75 Å². The molecule has 1 heterocycles. The number of phenolic OH excluding ortho intramolecular Hbond substituents is 1. The molecule has 2 rings (SSSR count). The molecule has 70 valence electrons. The number of carbonyl (C=O) groups is 1. The lowest BCUT2D eigenvalue weighted by molar-refractivity contribution is 0.0696. The number of epoxide rings is 1. The SMILES string of the molecule is C1CO1.O=C(O)c1cccc(O)c1. The Kier molecular flexibility index (Phi) is 3.28. The van der Waals surface area contributed by atoms with E-state index in [0.717, 1.165) is 13.2 Å². The van der Waals surface area contributed by atoms with Crippen LogP contribution in [-0.4, -0.2) is 29.4 Å². The van der Waals surface area contributed by atoms with Crippen molar-refractivity contribution in [1.29, 1.82) is 0 Å². The molecule has 0 amide bonds. The van der Waals surface area contributed by atoms with Crippen molar-refractivity contribution in [2.75, 3.05) is 13.2 Å². The second kappa shape index (κ2) is 4.47. The van der Waals surface area contributed by atoms with Crippen molar-refractivity contribution in [2.24, 2.45) is 0 Å². The summed E-state index contributed by atoms with van der Waals surface area (Å²) in [7, 11) is 0. The van der Waals surface area contributed by atoms with Gasteiger partial charge in [-0.1, -0.05) is 6.07 Å². The van der Waals surface area contributed by atoms with Crippen LogP contribution in [-0.2, 0) is 4.74 Å². The van der Waals surface area contributed by atoms with E-state index in [-0.39, 0.29) is 11.3 Å². The predicted molar refractivity (Wildman–Crippen MR) is 45.9 cm³/mol. The number of ether oxygens (including phenoxy) is 1. The van der Waals surface area contributed by atoms with Gasteiger partial charge in [-0.25, -0.2) is 4.79 Å². The first kappa shape index (κ1) is 9.54. The summed E-state index contributed by atoms with van der Waals surface area (Å²) in [5.74, 6) is -1.06. The fourth-order valence-corrected chi connectivity index (χ4v) is 0.639. The van der Waals surface area contributed by atoms with Gasteiger partial charge in [0, 0.05) is 0 Å². The smallest absolute Gasteiger partial charge is 0.335 e. The third kappa shape index (κ3) is 4.12. The van der Waals surface area contributed by atoms with E-state index < -0.39 is 5.97 Å². The molecule has 1 aliphatic rings. The number of hydrogen-bond acceptors (Lipinski definition) is 3. The zero-order valence-corrected chi connectivity index (χ0v) is 6.93. The minimum absolute atomic E-state index is 0.0279. The highest BCUT2D eigenvalue weighted by Gasteiger charge is 2.00. The van der Waals surface area contributed by atoms with Gasteiger partial charge in [0.25, 0.3) is 0 Å². The summed E-state index contributed by atoms with van der Waals surface area (Å²) in [6.45, 7) is 2.00. The van der Waals surface area contributed by atoms with E-state index in [1.165, 1.54) is 24.3 Å². The van der Waals surface area contributed by atoms with Crippen LogP contribution in [0.4, 0.5) is 0 Å².